The molecule has 0 spiro atoms. The Morgan fingerprint density at radius 2 is 1.29 bits per heavy atom. The van der Waals surface area contributed by atoms with E-state index >= 15 is 0 Å². The third-order valence-electron chi connectivity index (χ3n) is 4.96. The zero-order valence-corrected chi connectivity index (χ0v) is 19.1. The van der Waals surface area contributed by atoms with Crippen LogP contribution in [0.3, 0.4) is 0 Å². The molecule has 24 heavy (non-hydrogen) atoms. The second kappa shape index (κ2) is 8.37. The summed E-state index contributed by atoms with van der Waals surface area (Å²) in [5.41, 5.74) is -0.153. The first-order valence-corrected chi connectivity index (χ1v) is 21.2. The molecule has 0 atom stereocenters. The van der Waals surface area contributed by atoms with E-state index in [9.17, 15) is 0 Å². The first-order chi connectivity index (χ1) is 11.7. The van der Waals surface area contributed by atoms with Crippen molar-refractivity contribution in [2.24, 2.45) is 0 Å². The Balaban J connectivity index is 2.03. The van der Waals surface area contributed by atoms with E-state index in [-0.39, 0.29) is 5.60 Å². The monoisotopic (exact) mass is 540 g/mol. The van der Waals surface area contributed by atoms with Crippen LogP contribution in [0.1, 0.15) is 38.5 Å². The molecule has 3 heteroatoms. The summed E-state index contributed by atoms with van der Waals surface area (Å²) in [6.45, 7) is 4.17. The van der Waals surface area contributed by atoms with Gasteiger partial charge >= 0.3 is 161 Å². The van der Waals surface area contributed by atoms with Crippen LogP contribution in [0.4, 0.5) is 0 Å². The van der Waals surface area contributed by atoms with Crippen molar-refractivity contribution in [1.29, 1.82) is 0 Å². The Bertz CT molecular complexity index is 609. The van der Waals surface area contributed by atoms with Crippen molar-refractivity contribution in [2.45, 2.75) is 44.1 Å². The summed E-state index contributed by atoms with van der Waals surface area (Å²) in [5, 5.41) is 0. The quantitative estimate of drug-likeness (QED) is 0.226. The zero-order valence-electron chi connectivity index (χ0n) is 14.1. The fourth-order valence-corrected chi connectivity index (χ4v) is 18.9. The summed E-state index contributed by atoms with van der Waals surface area (Å²) in [6.07, 6.45) is 9.45. The second-order valence-electron chi connectivity index (χ2n) is 6.61. The van der Waals surface area contributed by atoms with E-state index in [0.29, 0.717) is 0 Å². The van der Waals surface area contributed by atoms with Gasteiger partial charge in [-0.3, -0.25) is 0 Å². The molecule has 1 nitrogen and oxygen atoms in total. The molecule has 0 unspecified atom stereocenters. The van der Waals surface area contributed by atoms with Gasteiger partial charge in [0.1, 0.15) is 0 Å². The molecule has 0 aliphatic heterocycles. The first kappa shape index (κ1) is 18.5. The zero-order chi connectivity index (χ0) is 16.9. The van der Waals surface area contributed by atoms with Crippen LogP contribution < -0.4 is 7.16 Å². The third-order valence-corrected chi connectivity index (χ3v) is 22.9. The van der Waals surface area contributed by atoms with Crippen molar-refractivity contribution in [1.82, 2.24) is 0 Å². The minimum atomic E-state index is -3.23. The molecule has 1 fully saturated rings. The van der Waals surface area contributed by atoms with Gasteiger partial charge in [0.2, 0.25) is 0 Å². The summed E-state index contributed by atoms with van der Waals surface area (Å²) >= 11 is -0.535. The molecule has 0 amide bonds. The molecule has 0 bridgehead atoms. The van der Waals surface area contributed by atoms with Crippen molar-refractivity contribution in [3.05, 3.63) is 73.3 Å². The molecular weight excluding hydrogens is 514 g/mol. The van der Waals surface area contributed by atoms with E-state index < -0.39 is 14.8 Å². The van der Waals surface area contributed by atoms with Gasteiger partial charge in [0, 0.05) is 0 Å². The maximum absolute atomic E-state index is 7.15. The van der Waals surface area contributed by atoms with Crippen LogP contribution in [-0.2, 0) is 3.07 Å². The third kappa shape index (κ3) is 4.07. The number of hydrogen-bond donors (Lipinski definition) is 0. The van der Waals surface area contributed by atoms with Crippen LogP contribution in [0.15, 0.2) is 73.3 Å². The molecule has 0 radical (unpaired) electrons. The summed E-state index contributed by atoms with van der Waals surface area (Å²) in [6, 6.07) is 21.7. The van der Waals surface area contributed by atoms with Crippen molar-refractivity contribution < 1.29 is 3.07 Å². The molecule has 1 saturated carbocycles. The maximum atomic E-state index is 7.15. The Morgan fingerprint density at radius 1 is 0.833 bits per heavy atom. The van der Waals surface area contributed by atoms with Crippen LogP contribution in [-0.4, -0.2) is 20.4 Å². The van der Waals surface area contributed by atoms with Gasteiger partial charge in [-0.1, -0.05) is 0 Å². The molecule has 1 aliphatic rings. The van der Waals surface area contributed by atoms with E-state index in [1.807, 2.05) is 0 Å². The van der Waals surface area contributed by atoms with Gasteiger partial charge in [0.05, 0.1) is 0 Å². The van der Waals surface area contributed by atoms with E-state index in [1.54, 1.807) is 0 Å². The van der Waals surface area contributed by atoms with Crippen molar-refractivity contribution >= 4 is 40.6 Å². The number of hydrogen-bond acceptors (Lipinski definition) is 1. The van der Waals surface area contributed by atoms with Gasteiger partial charge in [-0.15, -0.1) is 0 Å². The average molecular weight is 539 g/mol. The number of benzene rings is 2. The molecule has 127 valence electrons. The van der Waals surface area contributed by atoms with Crippen molar-refractivity contribution in [3.63, 3.8) is 0 Å². The summed E-state index contributed by atoms with van der Waals surface area (Å²) in [4.78, 5) is 0. The molecule has 1 aliphatic carbocycles. The van der Waals surface area contributed by atoms with Crippen molar-refractivity contribution in [2.75, 3.05) is 0 Å². The Morgan fingerprint density at radius 3 is 1.71 bits per heavy atom. The molecular formula is C21H25IOSn-. The summed E-state index contributed by atoms with van der Waals surface area (Å²) in [5.74, 6) is 0. The van der Waals surface area contributed by atoms with Gasteiger partial charge in [-0.25, -0.2) is 0 Å². The molecule has 2 aromatic carbocycles. The molecule has 2 aromatic rings. The van der Waals surface area contributed by atoms with Gasteiger partial charge in [0.25, 0.3) is 0 Å². The fraction of sp³-hybridized carbons (Fsp3) is 0.333. The summed E-state index contributed by atoms with van der Waals surface area (Å²) in [7, 11) is 0. The minimum absolute atomic E-state index is 0.153. The van der Waals surface area contributed by atoms with Crippen molar-refractivity contribution in [3.8, 4) is 0 Å². The normalized spacial score (nSPS) is 17.9. The van der Waals surface area contributed by atoms with E-state index in [2.05, 4.69) is 92.0 Å². The SMILES string of the molecule is C=CC1([O][Sn-]([I])([c]2ccccc2)[c]2ccccc2)CCCCCC1. The standard InChI is InChI=1S/C9H15O.2C6H5.HI.Sn/c1-2-9(10)7-5-3-4-6-8-9;2*1-2-4-6-5-3-1;;/h2H,1,3-8H2;2*1-5H;1H;/q-1;;;;+1/p-1. The van der Waals surface area contributed by atoms with E-state index in [1.165, 1.54) is 32.8 Å². The second-order valence-corrected chi connectivity index (χ2v) is 24.1. The Kier molecular flexibility index (Phi) is 6.43. The Hall–Kier alpha value is -0.331. The van der Waals surface area contributed by atoms with E-state index in [4.69, 9.17) is 3.07 Å². The van der Waals surface area contributed by atoms with Gasteiger partial charge in [-0.05, 0) is 0 Å². The number of halogens is 1. The van der Waals surface area contributed by atoms with E-state index in [0.717, 1.165) is 12.8 Å². The van der Waals surface area contributed by atoms with Crippen LogP contribution >= 0.6 is 18.6 Å². The van der Waals surface area contributed by atoms with Crippen LogP contribution in [0.5, 0.6) is 0 Å². The predicted octanol–water partition coefficient (Wildman–Crippen LogP) is 4.97. The summed E-state index contributed by atoms with van der Waals surface area (Å²) < 4.78 is 9.93. The first-order valence-electron chi connectivity index (χ1n) is 8.82. The number of rotatable bonds is 5. The fourth-order valence-electron chi connectivity index (χ4n) is 3.54. The topological polar surface area (TPSA) is 9.23 Å². The molecule has 0 saturated heterocycles. The van der Waals surface area contributed by atoms with Gasteiger partial charge in [0.15, 0.2) is 0 Å². The molecule has 0 N–H and O–H groups in total. The predicted molar refractivity (Wildman–Crippen MR) is 114 cm³/mol. The molecule has 0 heterocycles. The molecule has 0 aromatic heterocycles. The van der Waals surface area contributed by atoms with Crippen LogP contribution in [0.2, 0.25) is 0 Å². The van der Waals surface area contributed by atoms with Crippen LogP contribution in [0.25, 0.3) is 0 Å². The van der Waals surface area contributed by atoms with Gasteiger partial charge < -0.3 is 0 Å². The van der Waals surface area contributed by atoms with Gasteiger partial charge in [-0.2, -0.15) is 0 Å². The Labute approximate surface area is 160 Å². The van der Waals surface area contributed by atoms with Crippen LogP contribution in [0, 0.1) is 0 Å². The average Bonchev–Trinajstić information content (AvgIpc) is 2.89. The molecule has 3 rings (SSSR count).